The first-order valence-electron chi connectivity index (χ1n) is 7.22. The minimum atomic E-state index is -3.16. The van der Waals surface area contributed by atoms with Gasteiger partial charge in [0.1, 0.15) is 0 Å². The van der Waals surface area contributed by atoms with Crippen LogP contribution in [0.1, 0.15) is 18.4 Å². The Labute approximate surface area is 136 Å². The lowest BCUT2D eigenvalue weighted by atomic mass is 9.96. The highest BCUT2D eigenvalue weighted by molar-refractivity contribution is 7.88. The van der Waals surface area contributed by atoms with Gasteiger partial charge in [-0.15, -0.1) is 0 Å². The molecule has 0 aromatic heterocycles. The molecule has 122 valence electrons. The van der Waals surface area contributed by atoms with Crippen LogP contribution in [-0.4, -0.2) is 49.9 Å². The van der Waals surface area contributed by atoms with Crippen molar-refractivity contribution < 1.29 is 13.2 Å². The van der Waals surface area contributed by atoms with Gasteiger partial charge in [0.05, 0.1) is 6.26 Å². The molecule has 22 heavy (non-hydrogen) atoms. The maximum Gasteiger partial charge on any atom is 0.225 e. The standard InChI is InChI=1S/C15H21ClN2O3S/c1-17(11-13-5-3-4-6-14(13)16)15(19)12-7-9-18(10-8-12)22(2,20)21/h3-6,12H,7-11H2,1-2H3. The van der Waals surface area contributed by atoms with Crippen molar-refractivity contribution in [2.45, 2.75) is 19.4 Å². The second-order valence-corrected chi connectivity index (χ2v) is 8.11. The van der Waals surface area contributed by atoms with Gasteiger partial charge in [-0.05, 0) is 24.5 Å². The Morgan fingerprint density at radius 3 is 2.45 bits per heavy atom. The first-order chi connectivity index (χ1) is 10.3. The largest absolute Gasteiger partial charge is 0.341 e. The summed E-state index contributed by atoms with van der Waals surface area (Å²) in [6.07, 6.45) is 2.34. The summed E-state index contributed by atoms with van der Waals surface area (Å²) < 4.78 is 24.4. The molecule has 0 radical (unpaired) electrons. The van der Waals surface area contributed by atoms with Crippen molar-refractivity contribution in [1.29, 1.82) is 0 Å². The monoisotopic (exact) mass is 344 g/mol. The molecule has 1 aromatic carbocycles. The zero-order valence-corrected chi connectivity index (χ0v) is 14.4. The highest BCUT2D eigenvalue weighted by atomic mass is 35.5. The van der Waals surface area contributed by atoms with Gasteiger partial charge in [-0.25, -0.2) is 12.7 Å². The van der Waals surface area contributed by atoms with E-state index in [2.05, 4.69) is 0 Å². The van der Waals surface area contributed by atoms with Gasteiger partial charge in [0, 0.05) is 37.6 Å². The second kappa shape index (κ2) is 6.98. The number of hydrogen-bond donors (Lipinski definition) is 0. The van der Waals surface area contributed by atoms with Crippen LogP contribution >= 0.6 is 11.6 Å². The molecule has 0 aliphatic carbocycles. The van der Waals surface area contributed by atoms with Crippen LogP contribution in [0.15, 0.2) is 24.3 Å². The summed E-state index contributed by atoms with van der Waals surface area (Å²) in [6, 6.07) is 7.46. The molecule has 1 amide bonds. The molecule has 0 atom stereocenters. The van der Waals surface area contributed by atoms with Crippen LogP contribution in [0.25, 0.3) is 0 Å². The molecular weight excluding hydrogens is 324 g/mol. The summed E-state index contributed by atoms with van der Waals surface area (Å²) >= 11 is 6.12. The topological polar surface area (TPSA) is 57.7 Å². The molecule has 1 heterocycles. The molecule has 1 saturated heterocycles. The van der Waals surface area contributed by atoms with Crippen molar-refractivity contribution in [3.8, 4) is 0 Å². The third-order valence-corrected chi connectivity index (χ3v) is 5.69. The smallest absolute Gasteiger partial charge is 0.225 e. The Balaban J connectivity index is 1.94. The van der Waals surface area contributed by atoms with Gasteiger partial charge in [0.25, 0.3) is 0 Å². The van der Waals surface area contributed by atoms with Gasteiger partial charge >= 0.3 is 0 Å². The maximum absolute atomic E-state index is 12.5. The van der Waals surface area contributed by atoms with E-state index in [1.165, 1.54) is 10.6 Å². The number of sulfonamides is 1. The van der Waals surface area contributed by atoms with Gasteiger partial charge < -0.3 is 4.90 Å². The molecule has 0 saturated carbocycles. The molecule has 0 bridgehead atoms. The van der Waals surface area contributed by atoms with Crippen molar-refractivity contribution in [2.24, 2.45) is 5.92 Å². The highest BCUT2D eigenvalue weighted by Crippen LogP contribution is 2.23. The SMILES string of the molecule is CN(Cc1ccccc1Cl)C(=O)C1CCN(S(C)(=O)=O)CC1. The van der Waals surface area contributed by atoms with E-state index >= 15 is 0 Å². The molecule has 1 aliphatic heterocycles. The van der Waals surface area contributed by atoms with Gasteiger partial charge in [0.15, 0.2) is 0 Å². The van der Waals surface area contributed by atoms with E-state index in [9.17, 15) is 13.2 Å². The number of benzene rings is 1. The number of hydrogen-bond acceptors (Lipinski definition) is 3. The fourth-order valence-corrected chi connectivity index (χ4v) is 3.78. The lowest BCUT2D eigenvalue weighted by Gasteiger charge is -2.31. The van der Waals surface area contributed by atoms with Crippen molar-refractivity contribution in [1.82, 2.24) is 9.21 Å². The summed E-state index contributed by atoms with van der Waals surface area (Å²) in [5.74, 6) is -0.0708. The number of halogens is 1. The van der Waals surface area contributed by atoms with E-state index in [1.807, 2.05) is 18.2 Å². The normalized spacial score (nSPS) is 17.4. The minimum Gasteiger partial charge on any atom is -0.341 e. The van der Waals surface area contributed by atoms with E-state index in [4.69, 9.17) is 11.6 Å². The molecule has 0 spiro atoms. The van der Waals surface area contributed by atoms with Crippen LogP contribution in [0.4, 0.5) is 0 Å². The molecule has 0 unspecified atom stereocenters. The van der Waals surface area contributed by atoms with Crippen LogP contribution in [0.2, 0.25) is 5.02 Å². The number of carbonyl (C=O) groups excluding carboxylic acids is 1. The van der Waals surface area contributed by atoms with E-state index in [1.54, 1.807) is 18.0 Å². The van der Waals surface area contributed by atoms with Crippen LogP contribution < -0.4 is 0 Å². The summed E-state index contributed by atoms with van der Waals surface area (Å²) in [4.78, 5) is 14.2. The maximum atomic E-state index is 12.5. The van der Waals surface area contributed by atoms with Crippen molar-refractivity contribution >= 4 is 27.5 Å². The van der Waals surface area contributed by atoms with Crippen LogP contribution in [0.5, 0.6) is 0 Å². The van der Waals surface area contributed by atoms with E-state index in [0.29, 0.717) is 37.5 Å². The number of carbonyl (C=O) groups is 1. The van der Waals surface area contributed by atoms with Gasteiger partial charge in [0.2, 0.25) is 15.9 Å². The zero-order chi connectivity index (χ0) is 16.3. The average Bonchev–Trinajstić information content (AvgIpc) is 2.48. The number of rotatable bonds is 4. The van der Waals surface area contributed by atoms with Gasteiger partial charge in [-0.2, -0.15) is 0 Å². The first kappa shape index (κ1) is 17.2. The first-order valence-corrected chi connectivity index (χ1v) is 9.45. The lowest BCUT2D eigenvalue weighted by molar-refractivity contribution is -0.135. The Kier molecular flexibility index (Phi) is 5.47. The van der Waals surface area contributed by atoms with Crippen LogP contribution in [0, 0.1) is 5.92 Å². The lowest BCUT2D eigenvalue weighted by Crippen LogP contribution is -2.42. The molecule has 1 aliphatic rings. The van der Waals surface area contributed by atoms with E-state index in [0.717, 1.165) is 5.56 Å². The van der Waals surface area contributed by atoms with E-state index in [-0.39, 0.29) is 11.8 Å². The Morgan fingerprint density at radius 2 is 1.91 bits per heavy atom. The van der Waals surface area contributed by atoms with Crippen molar-refractivity contribution in [2.75, 3.05) is 26.4 Å². The molecule has 1 fully saturated rings. The third kappa shape index (κ3) is 4.21. The molecule has 2 rings (SSSR count). The Morgan fingerprint density at radius 1 is 1.32 bits per heavy atom. The summed E-state index contributed by atoms with van der Waals surface area (Å²) in [7, 11) is -1.40. The molecule has 5 nitrogen and oxygen atoms in total. The number of piperidine rings is 1. The third-order valence-electron chi connectivity index (χ3n) is 4.01. The number of amides is 1. The quantitative estimate of drug-likeness (QED) is 0.839. The van der Waals surface area contributed by atoms with Crippen molar-refractivity contribution in [3.63, 3.8) is 0 Å². The fourth-order valence-electron chi connectivity index (χ4n) is 2.71. The molecular formula is C15H21ClN2O3S. The summed E-state index contributed by atoms with van der Waals surface area (Å²) in [6.45, 7) is 1.29. The second-order valence-electron chi connectivity index (χ2n) is 5.72. The predicted octanol–water partition coefficient (Wildman–Crippen LogP) is 1.97. The zero-order valence-electron chi connectivity index (χ0n) is 12.8. The Bertz CT molecular complexity index is 640. The van der Waals surface area contributed by atoms with Gasteiger partial charge in [-0.3, -0.25) is 4.79 Å². The molecule has 0 N–H and O–H groups in total. The molecule has 1 aromatic rings. The highest BCUT2D eigenvalue weighted by Gasteiger charge is 2.30. The predicted molar refractivity (Wildman–Crippen MR) is 87.1 cm³/mol. The van der Waals surface area contributed by atoms with Crippen molar-refractivity contribution in [3.05, 3.63) is 34.9 Å². The fraction of sp³-hybridized carbons (Fsp3) is 0.533. The Hall–Kier alpha value is -1.11. The van der Waals surface area contributed by atoms with E-state index < -0.39 is 10.0 Å². The van der Waals surface area contributed by atoms with Crippen LogP contribution in [0.3, 0.4) is 0 Å². The minimum absolute atomic E-state index is 0.0491. The number of nitrogens with zero attached hydrogens (tertiary/aromatic N) is 2. The summed E-state index contributed by atoms with van der Waals surface area (Å²) in [5, 5.41) is 0.647. The van der Waals surface area contributed by atoms with Crippen LogP contribution in [-0.2, 0) is 21.4 Å². The molecule has 7 heteroatoms. The van der Waals surface area contributed by atoms with Gasteiger partial charge in [-0.1, -0.05) is 29.8 Å². The average molecular weight is 345 g/mol. The summed E-state index contributed by atoms with van der Waals surface area (Å²) in [5.41, 5.74) is 0.911.